The largest absolute Gasteiger partial charge is 0.494 e. The fourth-order valence-corrected chi connectivity index (χ4v) is 4.84. The molecule has 0 spiro atoms. The number of primary sulfonamides is 1. The zero-order chi connectivity index (χ0) is 22.2. The van der Waals surface area contributed by atoms with Crippen LogP contribution in [0.3, 0.4) is 0 Å². The summed E-state index contributed by atoms with van der Waals surface area (Å²) in [6.45, 7) is 2.48. The number of hydrogen-bond acceptors (Lipinski definition) is 5. The second-order valence-electron chi connectivity index (χ2n) is 7.66. The van der Waals surface area contributed by atoms with Crippen molar-refractivity contribution in [3.8, 4) is 5.75 Å². The summed E-state index contributed by atoms with van der Waals surface area (Å²) in [4.78, 5) is 27.7. The Morgan fingerprint density at radius 2 is 1.71 bits per heavy atom. The van der Waals surface area contributed by atoms with Crippen LogP contribution in [0.5, 0.6) is 5.75 Å². The fourth-order valence-electron chi connectivity index (χ4n) is 4.33. The van der Waals surface area contributed by atoms with E-state index in [4.69, 9.17) is 9.88 Å². The molecule has 0 aromatic heterocycles. The van der Waals surface area contributed by atoms with Gasteiger partial charge in [0.05, 0.1) is 11.5 Å². The molecule has 0 bridgehead atoms. The van der Waals surface area contributed by atoms with Crippen LogP contribution in [-0.2, 0) is 19.6 Å². The maximum atomic E-state index is 13.2. The number of allylic oxidation sites excluding steroid dienone is 2. The maximum absolute atomic E-state index is 13.2. The fraction of sp³-hybridized carbons (Fsp3) is 0.304. The third-order valence-corrected chi connectivity index (χ3v) is 6.62. The summed E-state index contributed by atoms with van der Waals surface area (Å²) in [7, 11) is -3.83. The second-order valence-corrected chi connectivity index (χ2v) is 9.23. The third kappa shape index (κ3) is 4.13. The Morgan fingerprint density at radius 3 is 2.32 bits per heavy atom. The summed E-state index contributed by atoms with van der Waals surface area (Å²) in [6.07, 6.45) is 1.90. The van der Waals surface area contributed by atoms with E-state index in [0.29, 0.717) is 42.8 Å². The van der Waals surface area contributed by atoms with Crippen molar-refractivity contribution in [2.75, 3.05) is 11.5 Å². The molecule has 4 rings (SSSR count). The molecule has 2 aliphatic rings. The topological polar surface area (TPSA) is 107 Å². The van der Waals surface area contributed by atoms with Crippen LogP contribution in [0.25, 0.3) is 0 Å². The minimum Gasteiger partial charge on any atom is -0.494 e. The first-order valence-corrected chi connectivity index (χ1v) is 11.8. The second kappa shape index (κ2) is 8.28. The van der Waals surface area contributed by atoms with Crippen LogP contribution in [-0.4, -0.2) is 26.7 Å². The summed E-state index contributed by atoms with van der Waals surface area (Å²) in [5, 5.41) is 5.18. The lowest BCUT2D eigenvalue weighted by atomic mass is 9.77. The standard InChI is InChI=1S/C23H24N2O5S/c1-2-30-17-10-6-15(7-11-17)19-14-22(27)25(20-4-3-5-21(26)23(19)20)16-8-12-18(13-9-16)31(24,28)29/h6-13,19H,2-5,14H2,1H3,(H2,24,28,29). The number of hydrogen-bond donors (Lipinski definition) is 1. The highest BCUT2D eigenvalue weighted by molar-refractivity contribution is 7.89. The highest BCUT2D eigenvalue weighted by atomic mass is 32.2. The maximum Gasteiger partial charge on any atom is 0.238 e. The van der Waals surface area contributed by atoms with Gasteiger partial charge in [-0.2, -0.15) is 0 Å². The molecule has 31 heavy (non-hydrogen) atoms. The van der Waals surface area contributed by atoms with Crippen LogP contribution >= 0.6 is 0 Å². The predicted molar refractivity (Wildman–Crippen MR) is 116 cm³/mol. The number of Topliss-reactive ketones (excluding diaryl/α,β-unsaturated/α-hetero) is 1. The lowest BCUT2D eigenvalue weighted by Gasteiger charge is -2.38. The quantitative estimate of drug-likeness (QED) is 0.768. The van der Waals surface area contributed by atoms with Gasteiger partial charge in [-0.3, -0.25) is 14.5 Å². The van der Waals surface area contributed by atoms with Gasteiger partial charge in [-0.05, 0) is 61.7 Å². The van der Waals surface area contributed by atoms with Crippen LogP contribution in [0.1, 0.15) is 44.1 Å². The predicted octanol–water partition coefficient (Wildman–Crippen LogP) is 3.26. The van der Waals surface area contributed by atoms with Crippen LogP contribution in [0.4, 0.5) is 5.69 Å². The first kappa shape index (κ1) is 21.3. The molecule has 1 aliphatic heterocycles. The molecule has 162 valence electrons. The van der Waals surface area contributed by atoms with E-state index in [1.165, 1.54) is 12.1 Å². The molecule has 0 radical (unpaired) electrons. The lowest BCUT2D eigenvalue weighted by Crippen LogP contribution is -2.40. The Kier molecular flexibility index (Phi) is 5.68. The highest BCUT2D eigenvalue weighted by Gasteiger charge is 2.39. The molecule has 0 fully saturated rings. The molecule has 1 heterocycles. The zero-order valence-corrected chi connectivity index (χ0v) is 18.0. The number of carbonyl (C=O) groups is 2. The number of carbonyl (C=O) groups excluding carboxylic acids is 2. The van der Waals surface area contributed by atoms with Gasteiger partial charge in [0.25, 0.3) is 0 Å². The van der Waals surface area contributed by atoms with Crippen LogP contribution in [0.15, 0.2) is 64.7 Å². The van der Waals surface area contributed by atoms with E-state index in [1.54, 1.807) is 17.0 Å². The molecule has 0 saturated carbocycles. The van der Waals surface area contributed by atoms with Crippen molar-refractivity contribution in [3.63, 3.8) is 0 Å². The number of benzene rings is 2. The normalized spacial score (nSPS) is 19.4. The SMILES string of the molecule is CCOc1ccc(C2CC(=O)N(c3ccc(S(N)(=O)=O)cc3)C3=C2C(=O)CCC3)cc1. The zero-order valence-electron chi connectivity index (χ0n) is 17.2. The molecule has 8 heteroatoms. The van der Waals surface area contributed by atoms with E-state index < -0.39 is 10.0 Å². The summed E-state index contributed by atoms with van der Waals surface area (Å²) in [5.74, 6) is 0.370. The van der Waals surface area contributed by atoms with Crippen molar-refractivity contribution in [2.45, 2.75) is 43.4 Å². The minimum atomic E-state index is -3.83. The number of anilines is 1. The third-order valence-electron chi connectivity index (χ3n) is 5.69. The van der Waals surface area contributed by atoms with Crippen molar-refractivity contribution in [2.24, 2.45) is 5.14 Å². The molecular formula is C23H24N2O5S. The number of nitrogens with two attached hydrogens (primary N) is 1. The number of ketones is 1. The first-order chi connectivity index (χ1) is 14.8. The van der Waals surface area contributed by atoms with Crippen LogP contribution in [0, 0.1) is 0 Å². The summed E-state index contributed by atoms with van der Waals surface area (Å²) >= 11 is 0. The van der Waals surface area contributed by atoms with Crippen molar-refractivity contribution in [1.82, 2.24) is 0 Å². The number of amides is 1. The summed E-state index contributed by atoms with van der Waals surface area (Å²) < 4.78 is 28.6. The molecule has 7 nitrogen and oxygen atoms in total. The Hall–Kier alpha value is -2.97. The summed E-state index contributed by atoms with van der Waals surface area (Å²) in [6, 6.07) is 13.4. The van der Waals surface area contributed by atoms with E-state index in [-0.39, 0.29) is 28.9 Å². The Morgan fingerprint density at radius 1 is 1.03 bits per heavy atom. The van der Waals surface area contributed by atoms with Crippen molar-refractivity contribution in [1.29, 1.82) is 0 Å². The van der Waals surface area contributed by atoms with E-state index in [2.05, 4.69) is 0 Å². The van der Waals surface area contributed by atoms with Gasteiger partial charge in [-0.1, -0.05) is 12.1 Å². The summed E-state index contributed by atoms with van der Waals surface area (Å²) in [5.41, 5.74) is 2.81. The van der Waals surface area contributed by atoms with Gasteiger partial charge >= 0.3 is 0 Å². The molecule has 2 aromatic rings. The van der Waals surface area contributed by atoms with E-state index in [9.17, 15) is 18.0 Å². The average molecular weight is 441 g/mol. The Bertz CT molecular complexity index is 1150. The highest BCUT2D eigenvalue weighted by Crippen LogP contribution is 2.43. The molecule has 1 atom stereocenters. The van der Waals surface area contributed by atoms with Crippen molar-refractivity contribution in [3.05, 3.63) is 65.4 Å². The number of sulfonamides is 1. The molecule has 0 saturated heterocycles. The van der Waals surface area contributed by atoms with Gasteiger partial charge < -0.3 is 4.74 Å². The lowest BCUT2D eigenvalue weighted by molar-refractivity contribution is -0.119. The minimum absolute atomic E-state index is 0.0260. The number of ether oxygens (including phenoxy) is 1. The molecule has 1 unspecified atom stereocenters. The van der Waals surface area contributed by atoms with Gasteiger partial charge in [0.15, 0.2) is 5.78 Å². The molecule has 1 amide bonds. The number of rotatable bonds is 5. The van der Waals surface area contributed by atoms with Crippen molar-refractivity contribution >= 4 is 27.4 Å². The smallest absolute Gasteiger partial charge is 0.238 e. The molecular weight excluding hydrogens is 416 g/mol. The Balaban J connectivity index is 1.76. The Labute approximate surface area is 181 Å². The van der Waals surface area contributed by atoms with E-state index in [0.717, 1.165) is 11.3 Å². The van der Waals surface area contributed by atoms with E-state index in [1.807, 2.05) is 31.2 Å². The van der Waals surface area contributed by atoms with Gasteiger partial charge in [-0.15, -0.1) is 0 Å². The van der Waals surface area contributed by atoms with Gasteiger partial charge in [0, 0.05) is 35.7 Å². The van der Waals surface area contributed by atoms with Gasteiger partial charge in [-0.25, -0.2) is 13.6 Å². The van der Waals surface area contributed by atoms with Crippen molar-refractivity contribution < 1.29 is 22.7 Å². The number of nitrogens with zero attached hydrogens (tertiary/aromatic N) is 1. The average Bonchev–Trinajstić information content (AvgIpc) is 2.74. The molecule has 2 N–H and O–H groups in total. The van der Waals surface area contributed by atoms with Gasteiger partial charge in [0.1, 0.15) is 5.75 Å². The first-order valence-electron chi connectivity index (χ1n) is 10.2. The van der Waals surface area contributed by atoms with Crippen LogP contribution < -0.4 is 14.8 Å². The van der Waals surface area contributed by atoms with Gasteiger partial charge in [0.2, 0.25) is 15.9 Å². The monoisotopic (exact) mass is 440 g/mol. The molecule has 2 aromatic carbocycles. The van der Waals surface area contributed by atoms with Crippen LogP contribution in [0.2, 0.25) is 0 Å². The molecule has 1 aliphatic carbocycles. The van der Waals surface area contributed by atoms with E-state index >= 15 is 0 Å².